The zero-order chi connectivity index (χ0) is 9.97. The van der Waals surface area contributed by atoms with E-state index in [0.717, 1.165) is 22.7 Å². The lowest BCUT2D eigenvalue weighted by atomic mass is 10.1. The Kier molecular flexibility index (Phi) is 3.43. The number of hydrogen-bond acceptors (Lipinski definition) is 3. The van der Waals surface area contributed by atoms with Crippen LogP contribution in [0.1, 0.15) is 19.3 Å². The van der Waals surface area contributed by atoms with Gasteiger partial charge in [-0.25, -0.2) is 9.97 Å². The Hall–Kier alpha value is -0.100. The van der Waals surface area contributed by atoms with Crippen molar-refractivity contribution in [3.05, 3.63) is 15.1 Å². The molecule has 0 spiro atoms. The van der Waals surface area contributed by atoms with Crippen LogP contribution < -0.4 is 4.90 Å². The number of nitrogens with zero attached hydrogens (tertiary/aromatic N) is 3. The summed E-state index contributed by atoms with van der Waals surface area (Å²) in [6, 6.07) is 1.84. The van der Waals surface area contributed by atoms with Crippen molar-refractivity contribution in [1.82, 2.24) is 9.97 Å². The molecule has 0 aromatic carbocycles. The van der Waals surface area contributed by atoms with Crippen molar-refractivity contribution in [2.75, 3.05) is 18.0 Å². The maximum atomic E-state index is 5.89. The molecule has 0 atom stereocenters. The van der Waals surface area contributed by atoms with Crippen molar-refractivity contribution in [2.45, 2.75) is 19.3 Å². The summed E-state index contributed by atoms with van der Waals surface area (Å²) >= 11 is 7.98. The maximum Gasteiger partial charge on any atom is 0.194 e. The van der Waals surface area contributed by atoms with Gasteiger partial charge in [0.2, 0.25) is 0 Å². The summed E-state index contributed by atoms with van der Waals surface area (Å²) in [5.74, 6) is 0.967. The number of hydrogen-bond donors (Lipinski definition) is 0. The molecule has 1 aliphatic heterocycles. The quantitative estimate of drug-likeness (QED) is 0.452. The molecule has 0 amide bonds. The summed E-state index contributed by atoms with van der Waals surface area (Å²) in [7, 11) is 0. The summed E-state index contributed by atoms with van der Waals surface area (Å²) < 4.78 is 0.718. The number of piperidine rings is 1. The monoisotopic (exact) mass is 323 g/mol. The van der Waals surface area contributed by atoms with Gasteiger partial charge in [-0.1, -0.05) is 11.6 Å². The normalized spacial score (nSPS) is 17.1. The van der Waals surface area contributed by atoms with Crippen molar-refractivity contribution < 1.29 is 0 Å². The van der Waals surface area contributed by atoms with Gasteiger partial charge >= 0.3 is 0 Å². The molecule has 0 N–H and O–H groups in total. The van der Waals surface area contributed by atoms with Gasteiger partial charge in [0.25, 0.3) is 0 Å². The van der Waals surface area contributed by atoms with Crippen LogP contribution in [-0.2, 0) is 0 Å². The predicted molar refractivity (Wildman–Crippen MR) is 65.8 cm³/mol. The molecule has 14 heavy (non-hydrogen) atoms. The summed E-state index contributed by atoms with van der Waals surface area (Å²) in [4.78, 5) is 10.7. The summed E-state index contributed by atoms with van der Waals surface area (Å²) in [6.45, 7) is 2.17. The van der Waals surface area contributed by atoms with Gasteiger partial charge in [-0.15, -0.1) is 0 Å². The second kappa shape index (κ2) is 4.61. The fourth-order valence-electron chi connectivity index (χ4n) is 1.66. The van der Waals surface area contributed by atoms with Gasteiger partial charge in [-0.2, -0.15) is 0 Å². The molecule has 0 saturated carbocycles. The first-order valence-corrected chi connectivity index (χ1v) is 6.16. The minimum atomic E-state index is 0.532. The highest BCUT2D eigenvalue weighted by Gasteiger charge is 2.13. The molecule has 5 heteroatoms. The molecule has 1 aliphatic rings. The van der Waals surface area contributed by atoms with Crippen molar-refractivity contribution in [1.29, 1.82) is 0 Å². The second-order valence-electron chi connectivity index (χ2n) is 3.37. The van der Waals surface area contributed by atoms with E-state index < -0.39 is 0 Å². The molecule has 2 rings (SSSR count). The van der Waals surface area contributed by atoms with Gasteiger partial charge in [0, 0.05) is 41.7 Å². The highest BCUT2D eigenvalue weighted by molar-refractivity contribution is 14.1. The fourth-order valence-corrected chi connectivity index (χ4v) is 2.49. The van der Waals surface area contributed by atoms with Gasteiger partial charge in [-0.05, 0) is 19.3 Å². The Morgan fingerprint density at radius 3 is 2.57 bits per heavy atom. The fraction of sp³-hybridized carbons (Fsp3) is 0.556. The molecule has 0 aliphatic carbocycles. The van der Waals surface area contributed by atoms with Crippen LogP contribution >= 0.6 is 34.2 Å². The summed E-state index contributed by atoms with van der Waals surface area (Å²) in [5, 5.41) is 0.532. The van der Waals surface area contributed by atoms with Crippen LogP contribution in [0.25, 0.3) is 0 Å². The van der Waals surface area contributed by atoms with Gasteiger partial charge in [0.1, 0.15) is 11.0 Å². The van der Waals surface area contributed by atoms with E-state index in [0.29, 0.717) is 5.15 Å². The molecule has 1 fully saturated rings. The smallest absolute Gasteiger partial charge is 0.194 e. The predicted octanol–water partition coefficient (Wildman–Crippen LogP) is 2.72. The molecule has 1 aromatic rings. The molecular weight excluding hydrogens is 312 g/mol. The molecule has 0 unspecified atom stereocenters. The molecule has 0 radical (unpaired) electrons. The molecule has 1 aromatic heterocycles. The Morgan fingerprint density at radius 2 is 1.93 bits per heavy atom. The van der Waals surface area contributed by atoms with Gasteiger partial charge in [0.15, 0.2) is 3.83 Å². The molecule has 0 bridgehead atoms. The molecule has 76 valence electrons. The van der Waals surface area contributed by atoms with E-state index >= 15 is 0 Å². The second-order valence-corrected chi connectivity index (χ2v) is 4.72. The summed E-state index contributed by atoms with van der Waals surface area (Å²) in [5.41, 5.74) is 0. The van der Waals surface area contributed by atoms with Crippen LogP contribution in [0, 0.1) is 3.83 Å². The average molecular weight is 324 g/mol. The molecule has 2 heterocycles. The Bertz CT molecular complexity index is 306. The first-order valence-electron chi connectivity index (χ1n) is 4.71. The van der Waals surface area contributed by atoms with E-state index in [-0.39, 0.29) is 0 Å². The minimum absolute atomic E-state index is 0.532. The zero-order valence-electron chi connectivity index (χ0n) is 7.71. The number of halogens is 2. The Morgan fingerprint density at radius 1 is 1.21 bits per heavy atom. The lowest BCUT2D eigenvalue weighted by Gasteiger charge is -2.27. The van der Waals surface area contributed by atoms with Gasteiger partial charge < -0.3 is 4.90 Å². The molecule has 3 nitrogen and oxygen atoms in total. The standard InChI is InChI=1S/C9H11ClIN3/c10-7-6-8(13-9(11)12-7)14-4-2-1-3-5-14/h6H,1-5H2. The lowest BCUT2D eigenvalue weighted by Crippen LogP contribution is -2.30. The van der Waals surface area contributed by atoms with Crippen LogP contribution in [0.5, 0.6) is 0 Å². The number of anilines is 1. The molecule has 1 saturated heterocycles. The molecular formula is C9H11ClIN3. The van der Waals surface area contributed by atoms with Gasteiger partial charge in [0.05, 0.1) is 0 Å². The SMILES string of the molecule is Clc1cc(N2CCCCC2)nc(I)n1. The van der Waals surface area contributed by atoms with Crippen LogP contribution in [0.4, 0.5) is 5.82 Å². The average Bonchev–Trinajstić information content (AvgIpc) is 2.18. The topological polar surface area (TPSA) is 29.0 Å². The van der Waals surface area contributed by atoms with E-state index in [1.54, 1.807) is 0 Å². The summed E-state index contributed by atoms with van der Waals surface area (Å²) in [6.07, 6.45) is 3.82. The van der Waals surface area contributed by atoms with E-state index in [9.17, 15) is 0 Å². The van der Waals surface area contributed by atoms with Crippen molar-refractivity contribution in [3.8, 4) is 0 Å². The Labute approximate surface area is 102 Å². The number of aromatic nitrogens is 2. The van der Waals surface area contributed by atoms with E-state index in [4.69, 9.17) is 11.6 Å². The van der Waals surface area contributed by atoms with Gasteiger partial charge in [-0.3, -0.25) is 0 Å². The first kappa shape index (κ1) is 10.4. The third-order valence-corrected chi connectivity index (χ3v) is 3.01. The third-order valence-electron chi connectivity index (χ3n) is 2.33. The highest BCUT2D eigenvalue weighted by Crippen LogP contribution is 2.20. The van der Waals surface area contributed by atoms with Crippen molar-refractivity contribution in [2.24, 2.45) is 0 Å². The largest absolute Gasteiger partial charge is 0.356 e. The highest BCUT2D eigenvalue weighted by atomic mass is 127. The third kappa shape index (κ3) is 2.48. The van der Waals surface area contributed by atoms with E-state index in [1.165, 1.54) is 19.3 Å². The van der Waals surface area contributed by atoms with Crippen molar-refractivity contribution >= 4 is 40.0 Å². The number of rotatable bonds is 1. The van der Waals surface area contributed by atoms with Crippen LogP contribution in [0.15, 0.2) is 6.07 Å². The van der Waals surface area contributed by atoms with Crippen molar-refractivity contribution in [3.63, 3.8) is 0 Å². The zero-order valence-corrected chi connectivity index (χ0v) is 10.6. The van der Waals surface area contributed by atoms with Crippen LogP contribution in [-0.4, -0.2) is 23.1 Å². The first-order chi connectivity index (χ1) is 6.75. The minimum Gasteiger partial charge on any atom is -0.356 e. The van der Waals surface area contributed by atoms with Crippen LogP contribution in [0.3, 0.4) is 0 Å². The Balaban J connectivity index is 2.21. The maximum absolute atomic E-state index is 5.89. The van der Waals surface area contributed by atoms with E-state index in [2.05, 4.69) is 37.5 Å². The van der Waals surface area contributed by atoms with Crippen LogP contribution in [0.2, 0.25) is 5.15 Å². The van der Waals surface area contributed by atoms with E-state index in [1.807, 2.05) is 6.07 Å². The lowest BCUT2D eigenvalue weighted by molar-refractivity contribution is 0.572.